The molecular weight excluding hydrogens is 302 g/mol. The molecule has 0 radical (unpaired) electrons. The molecule has 0 aliphatic heterocycles. The van der Waals surface area contributed by atoms with Gasteiger partial charge in [-0.1, -0.05) is 30.7 Å². The number of ether oxygens (including phenoxy) is 1. The number of aliphatic carboxylic acids is 1. The van der Waals surface area contributed by atoms with Gasteiger partial charge in [-0.25, -0.2) is 0 Å². The van der Waals surface area contributed by atoms with Gasteiger partial charge in [0.25, 0.3) is 0 Å². The van der Waals surface area contributed by atoms with E-state index in [1.807, 2.05) is 48.5 Å². The van der Waals surface area contributed by atoms with E-state index in [1.54, 1.807) is 7.11 Å². The molecule has 3 rings (SSSR count). The minimum atomic E-state index is -0.707. The Kier molecular flexibility index (Phi) is 4.47. The van der Waals surface area contributed by atoms with Crippen molar-refractivity contribution in [1.82, 2.24) is 0 Å². The summed E-state index contributed by atoms with van der Waals surface area (Å²) in [5.74, 6) is 0.135. The van der Waals surface area contributed by atoms with Gasteiger partial charge in [0, 0.05) is 11.7 Å². The highest BCUT2D eigenvalue weighted by Crippen LogP contribution is 2.44. The first-order valence-electron chi connectivity index (χ1n) is 8.29. The van der Waals surface area contributed by atoms with Gasteiger partial charge in [-0.05, 0) is 55.2 Å². The molecule has 0 amide bonds. The minimum Gasteiger partial charge on any atom is -0.497 e. The summed E-state index contributed by atoms with van der Waals surface area (Å²) >= 11 is 0. The second-order valence-corrected chi connectivity index (χ2v) is 6.46. The van der Waals surface area contributed by atoms with Crippen LogP contribution >= 0.6 is 0 Å². The Morgan fingerprint density at radius 2 is 1.75 bits per heavy atom. The average molecular weight is 325 g/mol. The monoisotopic (exact) mass is 325 g/mol. The predicted molar refractivity (Wildman–Crippen MR) is 94.6 cm³/mol. The SMILES string of the molecule is COc1ccc(C(C)Nc2ccc(C3(C(=O)O)CCC3)cc2)cc1. The zero-order chi connectivity index (χ0) is 17.2. The van der Waals surface area contributed by atoms with Gasteiger partial charge in [-0.15, -0.1) is 0 Å². The summed E-state index contributed by atoms with van der Waals surface area (Å²) < 4.78 is 5.18. The van der Waals surface area contributed by atoms with E-state index in [-0.39, 0.29) is 6.04 Å². The van der Waals surface area contributed by atoms with Crippen LogP contribution in [0.4, 0.5) is 5.69 Å². The largest absolute Gasteiger partial charge is 0.497 e. The third kappa shape index (κ3) is 2.96. The number of methoxy groups -OCH3 is 1. The molecule has 0 saturated heterocycles. The lowest BCUT2D eigenvalue weighted by molar-refractivity contribution is -0.147. The molecule has 1 aliphatic rings. The molecule has 24 heavy (non-hydrogen) atoms. The molecule has 0 aromatic heterocycles. The molecule has 1 fully saturated rings. The summed E-state index contributed by atoms with van der Waals surface area (Å²) in [5.41, 5.74) is 2.40. The van der Waals surface area contributed by atoms with E-state index in [4.69, 9.17) is 4.74 Å². The maximum atomic E-state index is 11.6. The molecule has 126 valence electrons. The number of hydrogen-bond acceptors (Lipinski definition) is 3. The van der Waals surface area contributed by atoms with Gasteiger partial charge in [0.2, 0.25) is 0 Å². The molecule has 4 heteroatoms. The van der Waals surface area contributed by atoms with Gasteiger partial charge >= 0.3 is 5.97 Å². The molecule has 2 aromatic rings. The van der Waals surface area contributed by atoms with E-state index in [0.717, 1.165) is 36.3 Å². The van der Waals surface area contributed by atoms with Gasteiger partial charge in [0.05, 0.1) is 12.5 Å². The van der Waals surface area contributed by atoms with Gasteiger partial charge in [-0.3, -0.25) is 4.79 Å². The van der Waals surface area contributed by atoms with E-state index in [1.165, 1.54) is 5.56 Å². The number of carboxylic acids is 1. The summed E-state index contributed by atoms with van der Waals surface area (Å²) in [6.07, 6.45) is 2.45. The highest BCUT2D eigenvalue weighted by atomic mass is 16.5. The molecule has 0 spiro atoms. The van der Waals surface area contributed by atoms with Crippen molar-refractivity contribution in [3.05, 3.63) is 59.7 Å². The Labute approximate surface area is 142 Å². The summed E-state index contributed by atoms with van der Waals surface area (Å²) in [4.78, 5) is 11.6. The van der Waals surface area contributed by atoms with E-state index in [2.05, 4.69) is 12.2 Å². The molecule has 0 bridgehead atoms. The Balaban J connectivity index is 1.70. The van der Waals surface area contributed by atoms with Crippen LogP contribution in [0.2, 0.25) is 0 Å². The van der Waals surface area contributed by atoms with Crippen LogP contribution in [-0.4, -0.2) is 18.2 Å². The van der Waals surface area contributed by atoms with Crippen molar-refractivity contribution in [3.63, 3.8) is 0 Å². The Bertz CT molecular complexity index is 703. The van der Waals surface area contributed by atoms with E-state index >= 15 is 0 Å². The second-order valence-electron chi connectivity index (χ2n) is 6.46. The summed E-state index contributed by atoms with van der Waals surface area (Å²) in [7, 11) is 1.66. The second kappa shape index (κ2) is 6.56. The van der Waals surface area contributed by atoms with Crippen molar-refractivity contribution in [2.24, 2.45) is 0 Å². The maximum absolute atomic E-state index is 11.6. The quantitative estimate of drug-likeness (QED) is 0.828. The minimum absolute atomic E-state index is 0.152. The van der Waals surface area contributed by atoms with Gasteiger partial charge in [0.1, 0.15) is 5.75 Å². The van der Waals surface area contributed by atoms with Gasteiger partial charge < -0.3 is 15.2 Å². The Morgan fingerprint density at radius 3 is 2.21 bits per heavy atom. The number of nitrogens with one attached hydrogen (secondary N) is 1. The van der Waals surface area contributed by atoms with Crippen LogP contribution in [0.15, 0.2) is 48.5 Å². The molecule has 4 nitrogen and oxygen atoms in total. The number of benzene rings is 2. The van der Waals surface area contributed by atoms with E-state index < -0.39 is 11.4 Å². The normalized spacial score (nSPS) is 16.8. The highest BCUT2D eigenvalue weighted by molar-refractivity contribution is 5.82. The van der Waals surface area contributed by atoms with Crippen LogP contribution in [-0.2, 0) is 10.2 Å². The third-order valence-corrected chi connectivity index (χ3v) is 5.05. The number of carboxylic acid groups (broad SMARTS) is 1. The van der Waals surface area contributed by atoms with Crippen molar-refractivity contribution in [3.8, 4) is 5.75 Å². The van der Waals surface area contributed by atoms with E-state index in [9.17, 15) is 9.90 Å². The molecule has 1 saturated carbocycles. The average Bonchev–Trinajstić information content (AvgIpc) is 2.55. The van der Waals surface area contributed by atoms with Crippen LogP contribution in [0, 0.1) is 0 Å². The predicted octanol–water partition coefficient (Wildman–Crippen LogP) is 4.37. The number of carbonyl (C=O) groups is 1. The number of hydrogen-bond donors (Lipinski definition) is 2. The zero-order valence-electron chi connectivity index (χ0n) is 14.1. The molecular formula is C20H23NO3. The number of rotatable bonds is 6. The summed E-state index contributed by atoms with van der Waals surface area (Å²) in [6, 6.07) is 16.0. The highest BCUT2D eigenvalue weighted by Gasteiger charge is 2.45. The molecule has 1 aliphatic carbocycles. The fourth-order valence-electron chi connectivity index (χ4n) is 3.27. The third-order valence-electron chi connectivity index (χ3n) is 5.05. The Morgan fingerprint density at radius 1 is 1.12 bits per heavy atom. The lowest BCUT2D eigenvalue weighted by Crippen LogP contribution is -2.42. The number of anilines is 1. The van der Waals surface area contributed by atoms with Crippen LogP contribution in [0.1, 0.15) is 43.4 Å². The molecule has 2 aromatic carbocycles. The van der Waals surface area contributed by atoms with Crippen LogP contribution < -0.4 is 10.1 Å². The Hall–Kier alpha value is -2.49. The molecule has 0 heterocycles. The lowest BCUT2D eigenvalue weighted by atomic mass is 9.64. The topological polar surface area (TPSA) is 58.6 Å². The fourth-order valence-corrected chi connectivity index (χ4v) is 3.27. The fraction of sp³-hybridized carbons (Fsp3) is 0.350. The van der Waals surface area contributed by atoms with Crippen LogP contribution in [0.25, 0.3) is 0 Å². The summed E-state index contributed by atoms with van der Waals surface area (Å²) in [5, 5.41) is 13.0. The maximum Gasteiger partial charge on any atom is 0.314 e. The van der Waals surface area contributed by atoms with Crippen molar-refractivity contribution < 1.29 is 14.6 Å². The van der Waals surface area contributed by atoms with Crippen LogP contribution in [0.3, 0.4) is 0 Å². The molecule has 1 unspecified atom stereocenters. The first kappa shape index (κ1) is 16.4. The molecule has 2 N–H and O–H groups in total. The van der Waals surface area contributed by atoms with Crippen molar-refractivity contribution in [2.75, 3.05) is 12.4 Å². The van der Waals surface area contributed by atoms with Crippen molar-refractivity contribution in [1.29, 1.82) is 0 Å². The van der Waals surface area contributed by atoms with Crippen LogP contribution in [0.5, 0.6) is 5.75 Å². The van der Waals surface area contributed by atoms with Crippen molar-refractivity contribution in [2.45, 2.75) is 37.6 Å². The zero-order valence-corrected chi connectivity index (χ0v) is 14.1. The lowest BCUT2D eigenvalue weighted by Gasteiger charge is -2.38. The van der Waals surface area contributed by atoms with Gasteiger partial charge in [-0.2, -0.15) is 0 Å². The summed E-state index contributed by atoms with van der Waals surface area (Å²) in [6.45, 7) is 2.10. The van der Waals surface area contributed by atoms with E-state index in [0.29, 0.717) is 0 Å². The van der Waals surface area contributed by atoms with Gasteiger partial charge in [0.15, 0.2) is 0 Å². The first-order chi connectivity index (χ1) is 11.5. The first-order valence-corrected chi connectivity index (χ1v) is 8.29. The standard InChI is InChI=1S/C20H23NO3/c1-14(15-4-10-18(24-2)11-5-15)21-17-8-6-16(7-9-17)20(19(22)23)12-3-13-20/h4-11,14,21H,3,12-13H2,1-2H3,(H,22,23). The van der Waals surface area contributed by atoms with Crippen molar-refractivity contribution >= 4 is 11.7 Å². The molecule has 1 atom stereocenters. The smallest absolute Gasteiger partial charge is 0.314 e.